The Balaban J connectivity index is 2.21. The molecule has 1 fully saturated rings. The van der Waals surface area contributed by atoms with Crippen molar-refractivity contribution in [2.75, 3.05) is 0 Å². The predicted octanol–water partition coefficient (Wildman–Crippen LogP) is 3.71. The molecule has 1 aliphatic carbocycles. The zero-order valence-corrected chi connectivity index (χ0v) is 15.0. The van der Waals surface area contributed by atoms with E-state index in [-0.39, 0.29) is 6.04 Å². The molecule has 5 heteroatoms. The molecule has 0 radical (unpaired) electrons. The van der Waals surface area contributed by atoms with E-state index in [4.69, 9.17) is 0 Å². The van der Waals surface area contributed by atoms with Crippen LogP contribution in [0.4, 0.5) is 0 Å². The highest BCUT2D eigenvalue weighted by molar-refractivity contribution is 14.1. The number of aryl methyl sites for hydroxylation is 1. The van der Waals surface area contributed by atoms with Crippen LogP contribution in [0.15, 0.2) is 23.1 Å². The van der Waals surface area contributed by atoms with E-state index < -0.39 is 10.0 Å². The molecule has 2 atom stereocenters. The second-order valence-corrected chi connectivity index (χ2v) is 8.47. The number of halogens is 1. The topological polar surface area (TPSA) is 46.2 Å². The van der Waals surface area contributed by atoms with Crippen molar-refractivity contribution in [1.82, 2.24) is 4.72 Å². The van der Waals surface area contributed by atoms with Gasteiger partial charge >= 0.3 is 0 Å². The van der Waals surface area contributed by atoms with E-state index >= 15 is 0 Å². The fourth-order valence-electron chi connectivity index (χ4n) is 2.75. The maximum Gasteiger partial charge on any atom is 0.240 e. The van der Waals surface area contributed by atoms with E-state index in [2.05, 4.69) is 34.2 Å². The van der Waals surface area contributed by atoms with Crippen LogP contribution in [0.2, 0.25) is 0 Å². The molecule has 0 amide bonds. The van der Waals surface area contributed by atoms with Crippen LogP contribution in [-0.2, 0) is 16.4 Å². The summed E-state index contributed by atoms with van der Waals surface area (Å²) in [4.78, 5) is 0.396. The first-order valence-corrected chi connectivity index (χ1v) is 9.81. The number of nitrogens with one attached hydrogen (secondary N) is 1. The molecule has 0 unspecified atom stereocenters. The summed E-state index contributed by atoms with van der Waals surface area (Å²) < 4.78 is 29.0. The minimum atomic E-state index is -3.40. The molecule has 0 bridgehead atoms. The highest BCUT2D eigenvalue weighted by Gasteiger charge is 2.26. The fourth-order valence-corrected chi connectivity index (χ4v) is 4.89. The third-order valence-corrected chi connectivity index (χ3v) is 6.67. The molecular weight excluding hydrogens is 385 g/mol. The molecular formula is C15H22INO2S. The van der Waals surface area contributed by atoms with E-state index in [1.165, 1.54) is 6.42 Å². The third kappa shape index (κ3) is 3.74. The molecule has 0 aromatic heterocycles. The molecule has 3 nitrogen and oxygen atoms in total. The quantitative estimate of drug-likeness (QED) is 0.774. The summed E-state index contributed by atoms with van der Waals surface area (Å²) in [5.41, 5.74) is 1.09. The summed E-state index contributed by atoms with van der Waals surface area (Å²) in [5, 5.41) is 0. The van der Waals surface area contributed by atoms with Gasteiger partial charge in [0.15, 0.2) is 0 Å². The Morgan fingerprint density at radius 3 is 2.65 bits per heavy atom. The molecule has 1 aromatic rings. The third-order valence-electron chi connectivity index (χ3n) is 4.13. The number of hydrogen-bond donors (Lipinski definition) is 1. The minimum absolute atomic E-state index is 0.0816. The number of benzene rings is 1. The number of sulfonamides is 1. The first-order valence-electron chi connectivity index (χ1n) is 7.25. The number of hydrogen-bond acceptors (Lipinski definition) is 2. The van der Waals surface area contributed by atoms with Crippen molar-refractivity contribution < 1.29 is 8.42 Å². The first kappa shape index (κ1) is 16.2. The van der Waals surface area contributed by atoms with Crippen molar-refractivity contribution in [3.05, 3.63) is 27.3 Å². The molecule has 0 saturated heterocycles. The average Bonchev–Trinajstić information content (AvgIpc) is 2.41. The van der Waals surface area contributed by atoms with Crippen LogP contribution < -0.4 is 4.72 Å². The summed E-state index contributed by atoms with van der Waals surface area (Å²) in [6.07, 6.45) is 5.24. The Labute approximate surface area is 135 Å². The highest BCUT2D eigenvalue weighted by atomic mass is 127. The fraction of sp³-hybridized carbons (Fsp3) is 0.600. The standard InChI is InChI=1S/C15H22INO2S/c1-3-12-10-13(8-9-14(12)16)20(18,19)17-15-7-5-4-6-11(15)2/h8-11,15,17H,3-7H2,1-2H3/t11-,15+/m0/s1. The van der Waals surface area contributed by atoms with Crippen molar-refractivity contribution in [3.63, 3.8) is 0 Å². The Hall–Kier alpha value is -0.140. The minimum Gasteiger partial charge on any atom is -0.208 e. The van der Waals surface area contributed by atoms with Crippen molar-refractivity contribution >= 4 is 32.6 Å². The molecule has 1 aliphatic rings. The van der Waals surface area contributed by atoms with Crippen molar-refractivity contribution in [2.24, 2.45) is 5.92 Å². The van der Waals surface area contributed by atoms with Crippen LogP contribution in [-0.4, -0.2) is 14.5 Å². The van der Waals surface area contributed by atoms with Gasteiger partial charge in [-0.1, -0.05) is 26.7 Å². The summed E-state index contributed by atoms with van der Waals surface area (Å²) in [6.45, 7) is 4.18. The average molecular weight is 407 g/mol. The lowest BCUT2D eigenvalue weighted by atomic mass is 9.87. The van der Waals surface area contributed by atoms with Gasteiger partial charge in [-0.05, 0) is 71.5 Å². The Morgan fingerprint density at radius 2 is 2.00 bits per heavy atom. The highest BCUT2D eigenvalue weighted by Crippen LogP contribution is 2.26. The SMILES string of the molecule is CCc1cc(S(=O)(=O)N[C@@H]2CCCC[C@@H]2C)ccc1I. The molecule has 1 saturated carbocycles. The zero-order valence-electron chi connectivity index (χ0n) is 12.0. The van der Waals surface area contributed by atoms with E-state index in [1.807, 2.05) is 13.0 Å². The van der Waals surface area contributed by atoms with Gasteiger partial charge in [0.2, 0.25) is 10.0 Å². The Bertz CT molecular complexity index is 571. The summed E-state index contributed by atoms with van der Waals surface area (Å²) in [5.74, 6) is 0.424. The van der Waals surface area contributed by atoms with Gasteiger partial charge in [0.25, 0.3) is 0 Å². The summed E-state index contributed by atoms with van der Waals surface area (Å²) in [6, 6.07) is 5.48. The lowest BCUT2D eigenvalue weighted by Crippen LogP contribution is -2.41. The second-order valence-electron chi connectivity index (χ2n) is 5.60. The van der Waals surface area contributed by atoms with Gasteiger partial charge in [0.05, 0.1) is 4.90 Å². The van der Waals surface area contributed by atoms with Crippen LogP contribution >= 0.6 is 22.6 Å². The smallest absolute Gasteiger partial charge is 0.208 e. The predicted molar refractivity (Wildman–Crippen MR) is 90.3 cm³/mol. The van der Waals surface area contributed by atoms with E-state index in [0.717, 1.165) is 34.8 Å². The second kappa shape index (κ2) is 6.75. The molecule has 1 aromatic carbocycles. The summed E-state index contributed by atoms with van der Waals surface area (Å²) >= 11 is 2.25. The maximum absolute atomic E-state index is 12.5. The summed E-state index contributed by atoms with van der Waals surface area (Å²) in [7, 11) is -3.40. The largest absolute Gasteiger partial charge is 0.240 e. The normalized spacial score (nSPS) is 23.8. The van der Waals surface area contributed by atoms with Gasteiger partial charge in [0, 0.05) is 9.61 Å². The van der Waals surface area contributed by atoms with E-state index in [1.54, 1.807) is 12.1 Å². The molecule has 112 valence electrons. The van der Waals surface area contributed by atoms with Gasteiger partial charge in [-0.3, -0.25) is 0 Å². The van der Waals surface area contributed by atoms with Gasteiger partial charge in [-0.25, -0.2) is 13.1 Å². The molecule has 20 heavy (non-hydrogen) atoms. The van der Waals surface area contributed by atoms with Gasteiger partial charge < -0.3 is 0 Å². The Morgan fingerprint density at radius 1 is 1.30 bits per heavy atom. The van der Waals surface area contributed by atoms with Gasteiger partial charge in [-0.2, -0.15) is 0 Å². The monoisotopic (exact) mass is 407 g/mol. The van der Waals surface area contributed by atoms with Crippen molar-refractivity contribution in [2.45, 2.75) is 56.9 Å². The lowest BCUT2D eigenvalue weighted by Gasteiger charge is -2.29. The first-order chi connectivity index (χ1) is 9.44. The maximum atomic E-state index is 12.5. The van der Waals surface area contributed by atoms with Crippen molar-refractivity contribution in [1.29, 1.82) is 0 Å². The van der Waals surface area contributed by atoms with E-state index in [0.29, 0.717) is 10.8 Å². The van der Waals surface area contributed by atoms with E-state index in [9.17, 15) is 8.42 Å². The van der Waals surface area contributed by atoms with Crippen molar-refractivity contribution in [3.8, 4) is 0 Å². The van der Waals surface area contributed by atoms with Gasteiger partial charge in [-0.15, -0.1) is 0 Å². The molecule has 1 N–H and O–H groups in total. The molecule has 0 spiro atoms. The van der Waals surface area contributed by atoms with Crippen LogP contribution in [0.1, 0.15) is 45.1 Å². The van der Waals surface area contributed by atoms with Crippen LogP contribution in [0.5, 0.6) is 0 Å². The van der Waals surface area contributed by atoms with Crippen LogP contribution in [0.25, 0.3) is 0 Å². The lowest BCUT2D eigenvalue weighted by molar-refractivity contribution is 0.310. The Kier molecular flexibility index (Phi) is 5.48. The van der Waals surface area contributed by atoms with Gasteiger partial charge in [0.1, 0.15) is 0 Å². The van der Waals surface area contributed by atoms with Crippen LogP contribution in [0.3, 0.4) is 0 Å². The molecule has 0 heterocycles. The number of rotatable bonds is 4. The zero-order chi connectivity index (χ0) is 14.8. The van der Waals surface area contributed by atoms with Crippen LogP contribution in [0, 0.1) is 9.49 Å². The molecule has 2 rings (SSSR count). The molecule has 0 aliphatic heterocycles.